The van der Waals surface area contributed by atoms with E-state index in [0.717, 1.165) is 6.61 Å². The van der Waals surface area contributed by atoms with Crippen LogP contribution < -0.4 is 5.32 Å². The van der Waals surface area contributed by atoms with Gasteiger partial charge in [-0.25, -0.2) is 0 Å². The Morgan fingerprint density at radius 1 is 1.14 bits per heavy atom. The largest absolute Gasteiger partial charge is 0.378 e. The third kappa shape index (κ3) is 3.80. The number of hydrogen-bond acceptors (Lipinski definition) is 3. The number of piperazine rings is 1. The monoisotopic (exact) mass is 294 g/mol. The first-order valence-electron chi connectivity index (χ1n) is 9.21. The average Bonchev–Trinajstić information content (AvgIpc) is 2.97. The molecule has 0 aromatic carbocycles. The Morgan fingerprint density at radius 2 is 1.95 bits per heavy atom. The summed E-state index contributed by atoms with van der Waals surface area (Å²) in [5.41, 5.74) is 0.733. The molecule has 0 aromatic rings. The molecule has 1 saturated carbocycles. The Labute approximate surface area is 130 Å². The predicted octanol–water partition coefficient (Wildman–Crippen LogP) is 3.33. The molecule has 0 amide bonds. The van der Waals surface area contributed by atoms with Crippen molar-refractivity contribution in [3.05, 3.63) is 0 Å². The summed E-state index contributed by atoms with van der Waals surface area (Å²) in [7, 11) is 0. The van der Waals surface area contributed by atoms with Crippen LogP contribution in [0, 0.1) is 0 Å². The molecular formula is C18H34N2O. The molecule has 3 aliphatic rings. The highest BCUT2D eigenvalue weighted by atomic mass is 16.5. The van der Waals surface area contributed by atoms with Crippen LogP contribution in [0.4, 0.5) is 0 Å². The van der Waals surface area contributed by atoms with Crippen molar-refractivity contribution in [2.45, 2.75) is 88.8 Å². The van der Waals surface area contributed by atoms with Gasteiger partial charge in [-0.1, -0.05) is 19.3 Å². The molecule has 1 spiro atoms. The van der Waals surface area contributed by atoms with Crippen LogP contribution in [0.2, 0.25) is 0 Å². The van der Waals surface area contributed by atoms with E-state index in [9.17, 15) is 0 Å². The van der Waals surface area contributed by atoms with Crippen LogP contribution in [-0.2, 0) is 4.74 Å². The van der Waals surface area contributed by atoms with Gasteiger partial charge in [0.05, 0.1) is 6.10 Å². The molecule has 3 nitrogen and oxygen atoms in total. The fourth-order valence-corrected chi connectivity index (χ4v) is 4.62. The standard InChI is InChI=1S/C18H34N2O/c1-17(2)15-20(12-6-8-16-9-7-13-21-16)18(14-19-17)10-4-3-5-11-18/h16,19H,3-15H2,1-2H3. The van der Waals surface area contributed by atoms with Crippen molar-refractivity contribution in [2.75, 3.05) is 26.2 Å². The van der Waals surface area contributed by atoms with Gasteiger partial charge in [-0.15, -0.1) is 0 Å². The van der Waals surface area contributed by atoms with E-state index in [2.05, 4.69) is 24.1 Å². The highest BCUT2D eigenvalue weighted by molar-refractivity contribution is 5.03. The summed E-state index contributed by atoms with van der Waals surface area (Å²) in [5.74, 6) is 0. The lowest BCUT2D eigenvalue weighted by Gasteiger charge is -2.54. The van der Waals surface area contributed by atoms with Crippen LogP contribution in [-0.4, -0.2) is 48.3 Å². The van der Waals surface area contributed by atoms with Crippen molar-refractivity contribution in [3.63, 3.8) is 0 Å². The first-order valence-corrected chi connectivity index (χ1v) is 9.21. The highest BCUT2D eigenvalue weighted by Crippen LogP contribution is 2.37. The van der Waals surface area contributed by atoms with Crippen LogP contribution in [0.5, 0.6) is 0 Å². The minimum Gasteiger partial charge on any atom is -0.378 e. The predicted molar refractivity (Wildman–Crippen MR) is 87.7 cm³/mol. The maximum atomic E-state index is 5.79. The van der Waals surface area contributed by atoms with Crippen LogP contribution >= 0.6 is 0 Å². The molecule has 3 heteroatoms. The number of nitrogens with zero attached hydrogens (tertiary/aromatic N) is 1. The van der Waals surface area contributed by atoms with Gasteiger partial charge in [0, 0.05) is 30.8 Å². The van der Waals surface area contributed by atoms with Crippen LogP contribution in [0.3, 0.4) is 0 Å². The average molecular weight is 294 g/mol. The van der Waals surface area contributed by atoms with Gasteiger partial charge in [0.15, 0.2) is 0 Å². The van der Waals surface area contributed by atoms with E-state index in [4.69, 9.17) is 4.74 Å². The van der Waals surface area contributed by atoms with Crippen LogP contribution in [0.1, 0.15) is 71.6 Å². The molecule has 2 aliphatic heterocycles. The SMILES string of the molecule is CC1(C)CN(CCCC2CCCO2)C2(CCCCC2)CN1. The topological polar surface area (TPSA) is 24.5 Å². The second-order valence-electron chi connectivity index (χ2n) is 8.22. The molecule has 2 heterocycles. The van der Waals surface area contributed by atoms with Gasteiger partial charge in [-0.2, -0.15) is 0 Å². The van der Waals surface area contributed by atoms with E-state index in [1.807, 2.05) is 0 Å². The third-order valence-corrected chi connectivity index (χ3v) is 5.92. The zero-order valence-corrected chi connectivity index (χ0v) is 14.1. The molecule has 3 fully saturated rings. The Kier molecular flexibility index (Phi) is 4.92. The van der Waals surface area contributed by atoms with Gasteiger partial charge in [0.1, 0.15) is 0 Å². The Hall–Kier alpha value is -0.120. The summed E-state index contributed by atoms with van der Waals surface area (Å²) in [6.07, 6.45) is 12.8. The lowest BCUT2D eigenvalue weighted by Crippen LogP contribution is -2.68. The van der Waals surface area contributed by atoms with Gasteiger partial charge in [-0.3, -0.25) is 4.90 Å². The summed E-state index contributed by atoms with van der Waals surface area (Å²) in [5, 5.41) is 3.81. The molecule has 3 rings (SSSR count). The van der Waals surface area contributed by atoms with Crippen molar-refractivity contribution in [1.29, 1.82) is 0 Å². The van der Waals surface area contributed by atoms with Crippen molar-refractivity contribution in [3.8, 4) is 0 Å². The molecule has 0 radical (unpaired) electrons. The molecule has 0 bridgehead atoms. The normalized spacial score (nSPS) is 32.6. The summed E-state index contributed by atoms with van der Waals surface area (Å²) in [6.45, 7) is 9.38. The summed E-state index contributed by atoms with van der Waals surface area (Å²) in [4.78, 5) is 2.84. The minimum atomic E-state index is 0.270. The summed E-state index contributed by atoms with van der Waals surface area (Å²) >= 11 is 0. The second-order valence-corrected chi connectivity index (χ2v) is 8.22. The zero-order chi connectivity index (χ0) is 14.8. The van der Waals surface area contributed by atoms with Gasteiger partial charge in [-0.05, 0) is 58.9 Å². The quantitative estimate of drug-likeness (QED) is 0.861. The molecule has 21 heavy (non-hydrogen) atoms. The van der Waals surface area contributed by atoms with Crippen molar-refractivity contribution in [1.82, 2.24) is 10.2 Å². The zero-order valence-electron chi connectivity index (χ0n) is 14.1. The smallest absolute Gasteiger partial charge is 0.0576 e. The maximum absolute atomic E-state index is 5.79. The first kappa shape index (κ1) is 15.8. The number of hydrogen-bond donors (Lipinski definition) is 1. The third-order valence-electron chi connectivity index (χ3n) is 5.92. The van der Waals surface area contributed by atoms with E-state index in [0.29, 0.717) is 11.6 Å². The molecule has 122 valence electrons. The van der Waals surface area contributed by atoms with E-state index < -0.39 is 0 Å². The van der Waals surface area contributed by atoms with Crippen molar-refractivity contribution < 1.29 is 4.74 Å². The Bertz CT molecular complexity index is 330. The number of ether oxygens (including phenoxy) is 1. The molecule has 1 aliphatic carbocycles. The number of nitrogens with one attached hydrogen (secondary N) is 1. The van der Waals surface area contributed by atoms with Crippen molar-refractivity contribution in [2.24, 2.45) is 0 Å². The van der Waals surface area contributed by atoms with Gasteiger partial charge >= 0.3 is 0 Å². The van der Waals surface area contributed by atoms with Crippen molar-refractivity contribution >= 4 is 0 Å². The van der Waals surface area contributed by atoms with Crippen LogP contribution in [0.15, 0.2) is 0 Å². The van der Waals surface area contributed by atoms with Gasteiger partial charge in [0.25, 0.3) is 0 Å². The number of rotatable bonds is 4. The Morgan fingerprint density at radius 3 is 2.67 bits per heavy atom. The minimum absolute atomic E-state index is 0.270. The van der Waals surface area contributed by atoms with Crippen LogP contribution in [0.25, 0.3) is 0 Å². The van der Waals surface area contributed by atoms with Gasteiger partial charge in [0.2, 0.25) is 0 Å². The second kappa shape index (κ2) is 6.55. The summed E-state index contributed by atoms with van der Waals surface area (Å²) < 4.78 is 5.79. The van der Waals surface area contributed by atoms with E-state index in [1.165, 1.54) is 77.4 Å². The Balaban J connectivity index is 1.57. The maximum Gasteiger partial charge on any atom is 0.0576 e. The lowest BCUT2D eigenvalue weighted by molar-refractivity contribution is -0.0133. The molecule has 1 N–H and O–H groups in total. The van der Waals surface area contributed by atoms with E-state index in [1.54, 1.807) is 0 Å². The molecule has 0 aromatic heterocycles. The highest BCUT2D eigenvalue weighted by Gasteiger charge is 2.44. The van der Waals surface area contributed by atoms with E-state index in [-0.39, 0.29) is 5.54 Å². The molecule has 1 atom stereocenters. The van der Waals surface area contributed by atoms with E-state index >= 15 is 0 Å². The lowest BCUT2D eigenvalue weighted by atomic mass is 9.76. The molecule has 1 unspecified atom stereocenters. The van der Waals surface area contributed by atoms with Gasteiger partial charge < -0.3 is 10.1 Å². The fraction of sp³-hybridized carbons (Fsp3) is 1.00. The molecule has 2 saturated heterocycles. The fourth-order valence-electron chi connectivity index (χ4n) is 4.62. The first-order chi connectivity index (χ1) is 10.1. The molecular weight excluding hydrogens is 260 g/mol. The summed E-state index contributed by atoms with van der Waals surface area (Å²) in [6, 6.07) is 0.